The van der Waals surface area contributed by atoms with Crippen LogP contribution in [0.2, 0.25) is 0 Å². The van der Waals surface area contributed by atoms with Gasteiger partial charge in [0.05, 0.1) is 0 Å². The number of aryl methyl sites for hydroxylation is 1. The second kappa shape index (κ2) is 5.84. The van der Waals surface area contributed by atoms with Crippen LogP contribution < -0.4 is 5.32 Å². The largest absolute Gasteiger partial charge is 0.364 e. The average molecular weight is 270 g/mol. The fraction of sp³-hybridized carbons (Fsp3) is 0.250. The van der Waals surface area contributed by atoms with Crippen molar-refractivity contribution in [2.24, 2.45) is 0 Å². The Morgan fingerprint density at radius 2 is 1.95 bits per heavy atom. The molecule has 1 heterocycles. The van der Waals surface area contributed by atoms with Gasteiger partial charge in [-0.1, -0.05) is 30.3 Å². The normalized spacial score (nSPS) is 13.6. The third-order valence-electron chi connectivity index (χ3n) is 3.32. The monoisotopic (exact) mass is 270 g/mol. The summed E-state index contributed by atoms with van der Waals surface area (Å²) < 4.78 is 5.46. The zero-order valence-electron chi connectivity index (χ0n) is 11.9. The number of nitrogens with zero attached hydrogens (tertiary/aromatic N) is 1. The molecular weight excluding hydrogens is 252 g/mol. The molecule has 2 aromatic rings. The Balaban J connectivity index is 2.26. The van der Waals surface area contributed by atoms with Gasteiger partial charge in [0.25, 0.3) is 5.91 Å². The van der Waals surface area contributed by atoms with Crippen LogP contribution in [0.15, 0.2) is 48.7 Å². The minimum absolute atomic E-state index is 0.211. The first-order chi connectivity index (χ1) is 9.56. The Bertz CT molecular complexity index is 598. The fourth-order valence-electron chi connectivity index (χ4n) is 1.97. The summed E-state index contributed by atoms with van der Waals surface area (Å²) >= 11 is 0. The molecule has 0 bridgehead atoms. The lowest BCUT2D eigenvalue weighted by Crippen LogP contribution is -2.39. The zero-order valence-corrected chi connectivity index (χ0v) is 11.9. The first-order valence-electron chi connectivity index (χ1n) is 6.41. The van der Waals surface area contributed by atoms with E-state index in [4.69, 9.17) is 4.74 Å². The minimum atomic E-state index is -1.03. The molecular formula is C16H18N2O2. The molecule has 0 aliphatic carbocycles. The van der Waals surface area contributed by atoms with Crippen molar-refractivity contribution in [1.29, 1.82) is 0 Å². The Morgan fingerprint density at radius 1 is 1.25 bits per heavy atom. The van der Waals surface area contributed by atoms with Crippen molar-refractivity contribution in [3.05, 3.63) is 59.9 Å². The molecule has 0 fully saturated rings. The van der Waals surface area contributed by atoms with Crippen LogP contribution in [0.3, 0.4) is 0 Å². The highest BCUT2D eigenvalue weighted by Gasteiger charge is 2.35. The van der Waals surface area contributed by atoms with Crippen LogP contribution in [-0.4, -0.2) is 18.0 Å². The van der Waals surface area contributed by atoms with Gasteiger partial charge in [-0.3, -0.25) is 9.78 Å². The summed E-state index contributed by atoms with van der Waals surface area (Å²) in [6.07, 6.45) is 1.66. The van der Waals surface area contributed by atoms with Gasteiger partial charge in [0, 0.05) is 24.7 Å². The van der Waals surface area contributed by atoms with Gasteiger partial charge in [0.1, 0.15) is 0 Å². The Kier molecular flexibility index (Phi) is 4.15. The Hall–Kier alpha value is -2.20. The van der Waals surface area contributed by atoms with Crippen molar-refractivity contribution in [3.8, 4) is 0 Å². The summed E-state index contributed by atoms with van der Waals surface area (Å²) in [6, 6.07) is 13.0. The molecule has 104 valence electrons. The second-order valence-corrected chi connectivity index (χ2v) is 4.74. The Labute approximate surface area is 118 Å². The van der Waals surface area contributed by atoms with Crippen molar-refractivity contribution in [2.45, 2.75) is 19.4 Å². The standard InChI is InChI=1S/C16H18N2O2/c1-12-11-14(9-10-17-12)18-15(19)16(2,20-3)13-7-5-4-6-8-13/h4-11H,1-3H3,(H,17,18,19). The maximum atomic E-state index is 12.5. The molecule has 4 nitrogen and oxygen atoms in total. The summed E-state index contributed by atoms with van der Waals surface area (Å²) in [4.78, 5) is 16.6. The minimum Gasteiger partial charge on any atom is -0.364 e. The van der Waals surface area contributed by atoms with E-state index in [1.165, 1.54) is 7.11 Å². The molecule has 1 unspecified atom stereocenters. The number of carbonyl (C=O) groups is 1. The molecule has 1 aromatic heterocycles. The van der Waals surface area contributed by atoms with Gasteiger partial charge >= 0.3 is 0 Å². The first kappa shape index (κ1) is 14.2. The molecule has 0 spiro atoms. The summed E-state index contributed by atoms with van der Waals surface area (Å²) in [7, 11) is 1.53. The highest BCUT2D eigenvalue weighted by Crippen LogP contribution is 2.26. The molecule has 0 radical (unpaired) electrons. The average Bonchev–Trinajstić information content (AvgIpc) is 2.47. The number of anilines is 1. The molecule has 20 heavy (non-hydrogen) atoms. The number of pyridine rings is 1. The summed E-state index contributed by atoms with van der Waals surface area (Å²) in [5, 5.41) is 2.87. The number of carbonyl (C=O) groups excluding carboxylic acids is 1. The number of amides is 1. The number of rotatable bonds is 4. The molecule has 2 rings (SSSR count). The van der Waals surface area contributed by atoms with E-state index in [9.17, 15) is 4.79 Å². The number of ether oxygens (including phenoxy) is 1. The highest BCUT2D eigenvalue weighted by molar-refractivity contribution is 5.97. The topological polar surface area (TPSA) is 51.2 Å². The maximum Gasteiger partial charge on any atom is 0.260 e. The van der Waals surface area contributed by atoms with Gasteiger partial charge in [-0.05, 0) is 31.5 Å². The number of hydrogen-bond acceptors (Lipinski definition) is 3. The van der Waals surface area contributed by atoms with Crippen molar-refractivity contribution < 1.29 is 9.53 Å². The van der Waals surface area contributed by atoms with E-state index in [1.807, 2.05) is 43.3 Å². The molecule has 1 amide bonds. The van der Waals surface area contributed by atoms with E-state index in [0.717, 1.165) is 11.3 Å². The SMILES string of the molecule is COC(C)(C(=O)Nc1ccnc(C)c1)c1ccccc1. The van der Waals surface area contributed by atoms with E-state index < -0.39 is 5.60 Å². The van der Waals surface area contributed by atoms with Gasteiger partial charge in [-0.15, -0.1) is 0 Å². The van der Waals surface area contributed by atoms with Crippen molar-refractivity contribution in [2.75, 3.05) is 12.4 Å². The third kappa shape index (κ3) is 2.86. The van der Waals surface area contributed by atoms with E-state index in [0.29, 0.717) is 5.69 Å². The molecule has 1 N–H and O–H groups in total. The maximum absolute atomic E-state index is 12.5. The zero-order chi connectivity index (χ0) is 14.6. The summed E-state index contributed by atoms with van der Waals surface area (Å²) in [5.41, 5.74) is 1.34. The van der Waals surface area contributed by atoms with Gasteiger partial charge in [-0.2, -0.15) is 0 Å². The van der Waals surface area contributed by atoms with Crippen molar-refractivity contribution in [1.82, 2.24) is 4.98 Å². The van der Waals surface area contributed by atoms with E-state index in [-0.39, 0.29) is 5.91 Å². The van der Waals surface area contributed by atoms with Crippen molar-refractivity contribution in [3.63, 3.8) is 0 Å². The van der Waals surface area contributed by atoms with Crippen molar-refractivity contribution >= 4 is 11.6 Å². The van der Waals surface area contributed by atoms with Crippen LogP contribution in [0.5, 0.6) is 0 Å². The predicted octanol–water partition coefficient (Wildman–Crippen LogP) is 2.89. The second-order valence-electron chi connectivity index (χ2n) is 4.74. The third-order valence-corrected chi connectivity index (χ3v) is 3.32. The van der Waals surface area contributed by atoms with Crippen LogP contribution in [0.25, 0.3) is 0 Å². The van der Waals surface area contributed by atoms with E-state index in [2.05, 4.69) is 10.3 Å². The molecule has 0 aliphatic heterocycles. The van der Waals surface area contributed by atoms with Gasteiger partial charge in [-0.25, -0.2) is 0 Å². The lowest BCUT2D eigenvalue weighted by molar-refractivity contribution is -0.136. The van der Waals surface area contributed by atoms with Gasteiger partial charge in [0.2, 0.25) is 0 Å². The first-order valence-corrected chi connectivity index (χ1v) is 6.41. The van der Waals surface area contributed by atoms with Crippen LogP contribution in [0, 0.1) is 6.92 Å². The van der Waals surface area contributed by atoms with Crippen LogP contribution in [0.1, 0.15) is 18.2 Å². The van der Waals surface area contributed by atoms with Gasteiger partial charge < -0.3 is 10.1 Å². The summed E-state index contributed by atoms with van der Waals surface area (Å²) in [6.45, 7) is 3.63. The molecule has 1 aromatic carbocycles. The molecule has 0 saturated carbocycles. The number of hydrogen-bond donors (Lipinski definition) is 1. The number of aromatic nitrogens is 1. The smallest absolute Gasteiger partial charge is 0.260 e. The fourth-order valence-corrected chi connectivity index (χ4v) is 1.97. The number of nitrogens with one attached hydrogen (secondary N) is 1. The number of methoxy groups -OCH3 is 1. The van der Waals surface area contributed by atoms with E-state index >= 15 is 0 Å². The van der Waals surface area contributed by atoms with Crippen LogP contribution >= 0.6 is 0 Å². The quantitative estimate of drug-likeness (QED) is 0.929. The lowest BCUT2D eigenvalue weighted by atomic mass is 9.94. The van der Waals surface area contributed by atoms with Gasteiger partial charge in [0.15, 0.2) is 5.60 Å². The summed E-state index contributed by atoms with van der Waals surface area (Å²) in [5.74, 6) is -0.211. The number of benzene rings is 1. The van der Waals surface area contributed by atoms with Crippen LogP contribution in [-0.2, 0) is 15.1 Å². The molecule has 1 atom stereocenters. The molecule has 0 saturated heterocycles. The lowest BCUT2D eigenvalue weighted by Gasteiger charge is -2.27. The molecule has 0 aliphatic rings. The Morgan fingerprint density at radius 3 is 2.55 bits per heavy atom. The molecule has 4 heteroatoms. The predicted molar refractivity (Wildman–Crippen MR) is 78.4 cm³/mol. The van der Waals surface area contributed by atoms with Crippen LogP contribution in [0.4, 0.5) is 5.69 Å². The highest BCUT2D eigenvalue weighted by atomic mass is 16.5. The van der Waals surface area contributed by atoms with E-state index in [1.54, 1.807) is 19.2 Å².